The van der Waals surface area contributed by atoms with E-state index in [1.54, 1.807) is 0 Å². The number of hydrogen-bond acceptors (Lipinski definition) is 1. The largest absolute Gasteiger partial charge is 0.134 e. The SMILES string of the molecule is C[C@@H]1N(F)C1(C)C. The first-order valence-corrected chi connectivity index (χ1v) is 2.52. The third kappa shape index (κ3) is 0.462. The first-order chi connectivity index (χ1) is 3.07. The zero-order valence-corrected chi connectivity index (χ0v) is 4.90. The summed E-state index contributed by atoms with van der Waals surface area (Å²) in [6, 6.07) is 0.132. The van der Waals surface area contributed by atoms with Gasteiger partial charge in [0.15, 0.2) is 0 Å². The van der Waals surface area contributed by atoms with E-state index in [1.165, 1.54) is 0 Å². The highest BCUT2D eigenvalue weighted by atomic mass is 19.2. The molecule has 0 aromatic rings. The van der Waals surface area contributed by atoms with Gasteiger partial charge in [0, 0.05) is 0 Å². The summed E-state index contributed by atoms with van der Waals surface area (Å²) in [6.07, 6.45) is 0. The number of rotatable bonds is 0. The van der Waals surface area contributed by atoms with Crippen LogP contribution in [0.1, 0.15) is 20.8 Å². The standard InChI is InChI=1S/C5H10FN/c1-4-5(2,3)7(4)6/h4H,1-3H3/t4-,7?/m0/s1. The Labute approximate surface area is 43.1 Å². The topological polar surface area (TPSA) is 3.01 Å². The van der Waals surface area contributed by atoms with E-state index in [2.05, 4.69) is 0 Å². The van der Waals surface area contributed by atoms with Crippen LogP contribution in [0.4, 0.5) is 4.48 Å². The van der Waals surface area contributed by atoms with Crippen molar-refractivity contribution in [2.45, 2.75) is 32.4 Å². The highest BCUT2D eigenvalue weighted by molar-refractivity contribution is 5.03. The lowest BCUT2D eigenvalue weighted by Crippen LogP contribution is -2.00. The van der Waals surface area contributed by atoms with Crippen molar-refractivity contribution in [2.75, 3.05) is 0 Å². The average Bonchev–Trinajstić information content (AvgIpc) is 1.91. The molecule has 2 atom stereocenters. The second kappa shape index (κ2) is 0.996. The Balaban J connectivity index is 2.52. The maximum atomic E-state index is 12.1. The van der Waals surface area contributed by atoms with E-state index in [1.807, 2.05) is 20.8 Å². The predicted molar refractivity (Wildman–Crippen MR) is 26.5 cm³/mol. The van der Waals surface area contributed by atoms with Crippen molar-refractivity contribution in [3.8, 4) is 0 Å². The number of halogens is 1. The molecular formula is C5H10FN. The van der Waals surface area contributed by atoms with E-state index < -0.39 is 0 Å². The van der Waals surface area contributed by atoms with Crippen LogP contribution in [0.2, 0.25) is 0 Å². The Hall–Kier alpha value is -0.110. The summed E-state index contributed by atoms with van der Waals surface area (Å²) >= 11 is 0. The molecule has 0 aliphatic carbocycles. The molecule has 0 aromatic carbocycles. The van der Waals surface area contributed by atoms with Gasteiger partial charge in [-0.1, -0.05) is 0 Å². The van der Waals surface area contributed by atoms with Crippen LogP contribution < -0.4 is 0 Å². The van der Waals surface area contributed by atoms with Gasteiger partial charge in [0.05, 0.1) is 11.6 Å². The van der Waals surface area contributed by atoms with Crippen molar-refractivity contribution in [3.05, 3.63) is 0 Å². The molecule has 1 aliphatic rings. The third-order valence-corrected chi connectivity index (χ3v) is 1.85. The molecule has 0 aromatic heterocycles. The maximum absolute atomic E-state index is 12.1. The van der Waals surface area contributed by atoms with E-state index in [0.29, 0.717) is 0 Å². The van der Waals surface area contributed by atoms with Crippen LogP contribution in [0.15, 0.2) is 0 Å². The molecule has 1 rings (SSSR count). The quantitative estimate of drug-likeness (QED) is 0.330. The highest BCUT2D eigenvalue weighted by Gasteiger charge is 2.53. The number of hydrogen-bond donors (Lipinski definition) is 0. The normalized spacial score (nSPS) is 46.3. The van der Waals surface area contributed by atoms with E-state index in [9.17, 15) is 4.48 Å². The fraction of sp³-hybridized carbons (Fsp3) is 1.00. The zero-order valence-electron chi connectivity index (χ0n) is 4.90. The lowest BCUT2D eigenvalue weighted by molar-refractivity contribution is 0.131. The molecule has 0 spiro atoms. The summed E-state index contributed by atoms with van der Waals surface area (Å²) in [5, 5.41) is 0.854. The summed E-state index contributed by atoms with van der Waals surface area (Å²) in [5.74, 6) is 0. The van der Waals surface area contributed by atoms with Gasteiger partial charge in [-0.25, -0.2) is 0 Å². The predicted octanol–water partition coefficient (Wildman–Crippen LogP) is 1.35. The Morgan fingerprint density at radius 2 is 1.71 bits per heavy atom. The molecule has 0 amide bonds. The molecule has 1 aliphatic heterocycles. The Morgan fingerprint density at radius 1 is 1.57 bits per heavy atom. The average molecular weight is 103 g/mol. The first kappa shape index (κ1) is 5.04. The van der Waals surface area contributed by atoms with Gasteiger partial charge in [-0.15, -0.1) is 9.60 Å². The Kier molecular flexibility index (Phi) is 0.717. The molecule has 1 fully saturated rings. The van der Waals surface area contributed by atoms with Crippen LogP contribution in [-0.4, -0.2) is 16.7 Å². The zero-order chi connectivity index (χ0) is 5.65. The van der Waals surface area contributed by atoms with Gasteiger partial charge in [0.1, 0.15) is 0 Å². The van der Waals surface area contributed by atoms with Crippen LogP contribution >= 0.6 is 0 Å². The van der Waals surface area contributed by atoms with Gasteiger partial charge in [-0.2, -0.15) is 0 Å². The minimum atomic E-state index is -0.167. The van der Waals surface area contributed by atoms with Crippen LogP contribution in [-0.2, 0) is 0 Å². The monoisotopic (exact) mass is 103 g/mol. The lowest BCUT2D eigenvalue weighted by Gasteiger charge is -1.90. The summed E-state index contributed by atoms with van der Waals surface area (Å²) in [5.41, 5.74) is -0.167. The van der Waals surface area contributed by atoms with Crippen molar-refractivity contribution < 1.29 is 4.48 Å². The van der Waals surface area contributed by atoms with Crippen molar-refractivity contribution in [1.82, 2.24) is 5.12 Å². The molecule has 1 saturated heterocycles. The third-order valence-electron chi connectivity index (χ3n) is 1.85. The molecule has 0 N–H and O–H groups in total. The molecule has 1 nitrogen and oxygen atoms in total. The number of nitrogens with zero attached hydrogens (tertiary/aromatic N) is 1. The van der Waals surface area contributed by atoms with Crippen molar-refractivity contribution in [2.24, 2.45) is 0 Å². The van der Waals surface area contributed by atoms with Crippen molar-refractivity contribution >= 4 is 0 Å². The maximum Gasteiger partial charge on any atom is 0.0638 e. The molecule has 1 unspecified atom stereocenters. The molecule has 7 heavy (non-hydrogen) atoms. The molecule has 2 heteroatoms. The van der Waals surface area contributed by atoms with Gasteiger partial charge in [0.25, 0.3) is 0 Å². The van der Waals surface area contributed by atoms with Crippen LogP contribution in [0.25, 0.3) is 0 Å². The summed E-state index contributed by atoms with van der Waals surface area (Å²) in [6.45, 7) is 5.65. The fourth-order valence-electron chi connectivity index (χ4n) is 0.630. The second-order valence-electron chi connectivity index (χ2n) is 2.64. The van der Waals surface area contributed by atoms with Crippen LogP contribution in [0, 0.1) is 0 Å². The molecule has 0 bridgehead atoms. The minimum absolute atomic E-state index is 0.132. The summed E-state index contributed by atoms with van der Waals surface area (Å²) in [4.78, 5) is 0. The molecule has 0 radical (unpaired) electrons. The molecular weight excluding hydrogens is 93.1 g/mol. The summed E-state index contributed by atoms with van der Waals surface area (Å²) < 4.78 is 12.1. The van der Waals surface area contributed by atoms with E-state index in [0.717, 1.165) is 5.12 Å². The van der Waals surface area contributed by atoms with Gasteiger partial charge >= 0.3 is 0 Å². The first-order valence-electron chi connectivity index (χ1n) is 2.52. The van der Waals surface area contributed by atoms with Gasteiger partial charge in [-0.05, 0) is 20.8 Å². The van der Waals surface area contributed by atoms with E-state index in [4.69, 9.17) is 0 Å². The summed E-state index contributed by atoms with van der Waals surface area (Å²) in [7, 11) is 0. The minimum Gasteiger partial charge on any atom is -0.134 e. The van der Waals surface area contributed by atoms with E-state index >= 15 is 0 Å². The van der Waals surface area contributed by atoms with Crippen LogP contribution in [0.3, 0.4) is 0 Å². The van der Waals surface area contributed by atoms with Gasteiger partial charge < -0.3 is 0 Å². The Bertz CT molecular complexity index is 80.1. The smallest absolute Gasteiger partial charge is 0.0638 e. The second-order valence-corrected chi connectivity index (χ2v) is 2.64. The van der Waals surface area contributed by atoms with Crippen LogP contribution in [0.5, 0.6) is 0 Å². The van der Waals surface area contributed by atoms with Crippen molar-refractivity contribution in [1.29, 1.82) is 0 Å². The lowest BCUT2D eigenvalue weighted by atomic mass is 10.2. The molecule has 1 heterocycles. The fourth-order valence-corrected chi connectivity index (χ4v) is 0.630. The van der Waals surface area contributed by atoms with E-state index in [-0.39, 0.29) is 11.6 Å². The highest BCUT2D eigenvalue weighted by Crippen LogP contribution is 2.39. The Morgan fingerprint density at radius 3 is 1.71 bits per heavy atom. The van der Waals surface area contributed by atoms with Gasteiger partial charge in [-0.3, -0.25) is 0 Å². The van der Waals surface area contributed by atoms with Gasteiger partial charge in [0.2, 0.25) is 0 Å². The van der Waals surface area contributed by atoms with Crippen molar-refractivity contribution in [3.63, 3.8) is 0 Å². The molecule has 42 valence electrons. The molecule has 0 saturated carbocycles.